The van der Waals surface area contributed by atoms with Gasteiger partial charge in [-0.3, -0.25) is 4.79 Å². The lowest BCUT2D eigenvalue weighted by atomic mass is 9.89. The predicted molar refractivity (Wildman–Crippen MR) is 141 cm³/mol. The van der Waals surface area contributed by atoms with Crippen molar-refractivity contribution < 1.29 is 27.9 Å². The molecule has 0 aliphatic heterocycles. The molecule has 8 nitrogen and oxygen atoms in total. The van der Waals surface area contributed by atoms with Gasteiger partial charge in [0.25, 0.3) is 0 Å². The average molecular weight is 538 g/mol. The third-order valence-electron chi connectivity index (χ3n) is 6.07. The van der Waals surface area contributed by atoms with Crippen LogP contribution in [0.1, 0.15) is 57.9 Å². The molecule has 1 heterocycles. The van der Waals surface area contributed by atoms with Crippen molar-refractivity contribution >= 4 is 23.6 Å². The summed E-state index contributed by atoms with van der Waals surface area (Å²) < 4.78 is 31.7. The molecule has 4 N–H and O–H groups in total. The fourth-order valence-corrected chi connectivity index (χ4v) is 4.13. The predicted octanol–water partition coefficient (Wildman–Crippen LogP) is 5.29. The normalized spacial score (nSPS) is 14.7. The van der Waals surface area contributed by atoms with Gasteiger partial charge in [-0.1, -0.05) is 63.4 Å². The van der Waals surface area contributed by atoms with E-state index in [1.54, 1.807) is 6.20 Å². The van der Waals surface area contributed by atoms with Gasteiger partial charge in [-0.2, -0.15) is 18.2 Å². The van der Waals surface area contributed by atoms with E-state index in [-0.39, 0.29) is 11.9 Å². The molecule has 11 heteroatoms. The number of aromatic nitrogens is 2. The lowest BCUT2D eigenvalue weighted by Gasteiger charge is -2.22. The number of hydrogen-bond acceptors (Lipinski definition) is 6. The molecule has 2 aromatic rings. The number of carboxylic acid groups (broad SMARTS) is 1. The number of carbonyl (C=O) groups is 2. The molecule has 1 amide bonds. The third kappa shape index (κ3) is 12.2. The van der Waals surface area contributed by atoms with Crippen molar-refractivity contribution in [2.45, 2.75) is 71.0 Å². The summed E-state index contributed by atoms with van der Waals surface area (Å²) in [6, 6.07) is 11.7. The molecular weight excluding hydrogens is 499 g/mol. The summed E-state index contributed by atoms with van der Waals surface area (Å²) in [7, 11) is 0. The monoisotopic (exact) mass is 537 g/mol. The number of anilines is 2. The van der Waals surface area contributed by atoms with E-state index in [2.05, 4.69) is 51.9 Å². The minimum Gasteiger partial charge on any atom is -0.475 e. The van der Waals surface area contributed by atoms with Crippen LogP contribution >= 0.6 is 0 Å². The van der Waals surface area contributed by atoms with E-state index in [0.717, 1.165) is 19.4 Å². The third-order valence-corrected chi connectivity index (χ3v) is 6.07. The Hall–Kier alpha value is -3.37. The van der Waals surface area contributed by atoms with Crippen LogP contribution in [-0.2, 0) is 16.0 Å². The summed E-state index contributed by atoms with van der Waals surface area (Å²) in [5.41, 5.74) is 1.22. The lowest BCUT2D eigenvalue weighted by molar-refractivity contribution is -0.192. The topological polar surface area (TPSA) is 116 Å². The number of benzene rings is 1. The Labute approximate surface area is 221 Å². The highest BCUT2D eigenvalue weighted by atomic mass is 19.4. The number of alkyl halides is 3. The number of rotatable bonds is 11. The highest BCUT2D eigenvalue weighted by molar-refractivity contribution is 5.84. The van der Waals surface area contributed by atoms with Crippen LogP contribution in [-0.4, -0.2) is 52.3 Å². The van der Waals surface area contributed by atoms with Gasteiger partial charge in [0.1, 0.15) is 11.9 Å². The van der Waals surface area contributed by atoms with Gasteiger partial charge in [-0.05, 0) is 49.1 Å². The second-order valence-corrected chi connectivity index (χ2v) is 9.81. The van der Waals surface area contributed by atoms with Gasteiger partial charge in [-0.15, -0.1) is 0 Å². The van der Waals surface area contributed by atoms with Crippen molar-refractivity contribution in [1.82, 2.24) is 15.3 Å². The van der Waals surface area contributed by atoms with Crippen LogP contribution in [0, 0.1) is 11.8 Å². The number of carbonyl (C=O) groups excluding carboxylic acids is 1. The van der Waals surface area contributed by atoms with Crippen LogP contribution in [0.5, 0.6) is 0 Å². The van der Waals surface area contributed by atoms with Crippen LogP contribution in [0.4, 0.5) is 24.9 Å². The quantitative estimate of drug-likeness (QED) is 0.308. The highest BCUT2D eigenvalue weighted by Crippen LogP contribution is 2.23. The smallest absolute Gasteiger partial charge is 0.475 e. The Kier molecular flexibility index (Phi) is 12.8. The summed E-state index contributed by atoms with van der Waals surface area (Å²) in [5, 5.41) is 16.9. The number of aliphatic carboxylic acids is 1. The molecule has 0 saturated heterocycles. The van der Waals surface area contributed by atoms with Crippen LogP contribution in [0.25, 0.3) is 0 Å². The maximum absolute atomic E-state index is 12.9. The number of carboxylic acids is 1. The SMILES string of the molecule is CC(C)C[C@H](Nc1ccnc(NCC2CCCCC2)n1)C(=O)NCCc1ccccc1.O=C(O)C(F)(F)F. The van der Waals surface area contributed by atoms with Gasteiger partial charge in [0.05, 0.1) is 0 Å². The average Bonchev–Trinajstić information content (AvgIpc) is 2.88. The highest BCUT2D eigenvalue weighted by Gasteiger charge is 2.38. The van der Waals surface area contributed by atoms with E-state index in [0.29, 0.717) is 30.1 Å². The summed E-state index contributed by atoms with van der Waals surface area (Å²) in [4.78, 5) is 30.7. The molecule has 0 spiro atoms. The molecule has 38 heavy (non-hydrogen) atoms. The van der Waals surface area contributed by atoms with Crippen molar-refractivity contribution in [1.29, 1.82) is 0 Å². The van der Waals surface area contributed by atoms with Gasteiger partial charge in [0.15, 0.2) is 0 Å². The largest absolute Gasteiger partial charge is 0.490 e. The number of amides is 1. The number of nitrogens with one attached hydrogen (secondary N) is 3. The first-order valence-electron chi connectivity index (χ1n) is 13.0. The lowest BCUT2D eigenvalue weighted by Crippen LogP contribution is -2.41. The molecule has 210 valence electrons. The first-order chi connectivity index (χ1) is 18.0. The van der Waals surface area contributed by atoms with E-state index in [4.69, 9.17) is 9.90 Å². The molecule has 1 aliphatic rings. The molecule has 1 fully saturated rings. The molecule has 1 atom stereocenters. The number of nitrogens with zero attached hydrogens (tertiary/aromatic N) is 2. The van der Waals surface area contributed by atoms with Crippen LogP contribution in [0.15, 0.2) is 42.6 Å². The zero-order chi connectivity index (χ0) is 28.0. The zero-order valence-electron chi connectivity index (χ0n) is 21.9. The summed E-state index contributed by atoms with van der Waals surface area (Å²) in [6.45, 7) is 5.79. The Bertz CT molecular complexity index is 983. The first-order valence-corrected chi connectivity index (χ1v) is 13.0. The molecule has 1 aromatic heterocycles. The van der Waals surface area contributed by atoms with E-state index in [9.17, 15) is 18.0 Å². The van der Waals surface area contributed by atoms with Crippen molar-refractivity contribution in [2.75, 3.05) is 23.7 Å². The standard InChI is InChI=1S/C25H37N5O.C2HF3O2/c1-19(2)17-22(24(31)26-15-13-20-9-5-3-6-10-20)29-23-14-16-27-25(30-23)28-18-21-11-7-4-8-12-21;3-2(4,5)1(6)7/h3,5-6,9-10,14,16,19,21-22H,4,7-8,11-13,15,17-18H2,1-2H3,(H,26,31)(H2,27,28,29,30);(H,6,7)/t22-;/m0./s1. The van der Waals surface area contributed by atoms with Crippen LogP contribution < -0.4 is 16.0 Å². The van der Waals surface area contributed by atoms with Gasteiger partial charge >= 0.3 is 12.1 Å². The summed E-state index contributed by atoms with van der Waals surface area (Å²) >= 11 is 0. The Morgan fingerprint density at radius 3 is 2.34 bits per heavy atom. The van der Waals surface area contributed by atoms with E-state index >= 15 is 0 Å². The maximum atomic E-state index is 12.9. The maximum Gasteiger partial charge on any atom is 0.490 e. The molecule has 1 aliphatic carbocycles. The molecule has 3 rings (SSSR count). The Balaban J connectivity index is 0.000000638. The van der Waals surface area contributed by atoms with E-state index < -0.39 is 12.1 Å². The first kappa shape index (κ1) is 30.9. The van der Waals surface area contributed by atoms with Gasteiger partial charge in [0.2, 0.25) is 11.9 Å². The molecule has 0 radical (unpaired) electrons. The second kappa shape index (κ2) is 15.8. The number of halogens is 3. The minimum absolute atomic E-state index is 0.0139. The van der Waals surface area contributed by atoms with Crippen molar-refractivity contribution in [3.63, 3.8) is 0 Å². The molecule has 1 saturated carbocycles. The molecular formula is C27H38F3N5O3. The number of hydrogen-bond donors (Lipinski definition) is 4. The fraction of sp³-hybridized carbons (Fsp3) is 0.556. The van der Waals surface area contributed by atoms with E-state index in [1.165, 1.54) is 37.7 Å². The van der Waals surface area contributed by atoms with Crippen molar-refractivity contribution in [3.8, 4) is 0 Å². The molecule has 1 aromatic carbocycles. The summed E-state index contributed by atoms with van der Waals surface area (Å²) in [5.74, 6) is -0.332. The molecule has 0 unspecified atom stereocenters. The van der Waals surface area contributed by atoms with E-state index in [1.807, 2.05) is 24.3 Å². The van der Waals surface area contributed by atoms with Crippen LogP contribution in [0.3, 0.4) is 0 Å². The van der Waals surface area contributed by atoms with Crippen molar-refractivity contribution in [3.05, 3.63) is 48.2 Å². The Morgan fingerprint density at radius 1 is 1.08 bits per heavy atom. The van der Waals surface area contributed by atoms with Crippen molar-refractivity contribution in [2.24, 2.45) is 11.8 Å². The zero-order valence-corrected chi connectivity index (χ0v) is 21.9. The summed E-state index contributed by atoms with van der Waals surface area (Å²) in [6.07, 6.45) is 4.80. The fourth-order valence-electron chi connectivity index (χ4n) is 4.13. The van der Waals surface area contributed by atoms with Gasteiger partial charge in [0, 0.05) is 19.3 Å². The minimum atomic E-state index is -5.08. The Morgan fingerprint density at radius 2 is 1.74 bits per heavy atom. The molecule has 0 bridgehead atoms. The second-order valence-electron chi connectivity index (χ2n) is 9.81. The van der Waals surface area contributed by atoms with Crippen LogP contribution in [0.2, 0.25) is 0 Å². The van der Waals surface area contributed by atoms with Gasteiger partial charge in [-0.25, -0.2) is 9.78 Å². The van der Waals surface area contributed by atoms with Gasteiger partial charge < -0.3 is 21.1 Å².